The van der Waals surface area contributed by atoms with E-state index in [1.54, 1.807) is 0 Å². The smallest absolute Gasteiger partial charge is 0.0263 e. The Balaban J connectivity index is 0.000000640. The van der Waals surface area contributed by atoms with Gasteiger partial charge in [-0.1, -0.05) is 12.1 Å². The minimum Gasteiger partial charge on any atom is -0.114 e. The number of hydrogen-bond acceptors (Lipinski definition) is 0. The molecule has 0 spiro atoms. The molecule has 0 fully saturated rings. The summed E-state index contributed by atoms with van der Waals surface area (Å²) in [5, 5.41) is 0. The topological polar surface area (TPSA) is 0 Å². The quantitative estimate of drug-likeness (QED) is 0.575. The first-order valence-electron chi connectivity index (χ1n) is 2.21. The lowest BCUT2D eigenvalue weighted by atomic mass is 10.4. The minimum atomic E-state index is 0. The molecule has 0 aliphatic heterocycles. The molecule has 0 amide bonds. The van der Waals surface area contributed by atoms with Gasteiger partial charge in [0.15, 0.2) is 0 Å². The van der Waals surface area contributed by atoms with E-state index in [1.807, 2.05) is 12.1 Å². The van der Waals surface area contributed by atoms with Crippen molar-refractivity contribution in [1.29, 1.82) is 0 Å². The lowest BCUT2D eigenvalue weighted by molar-refractivity contribution is 1.58. The number of halogens is 3. The summed E-state index contributed by atoms with van der Waals surface area (Å²) in [7, 11) is 0. The van der Waals surface area contributed by atoms with Gasteiger partial charge in [0.25, 0.3) is 0 Å². The molecule has 3 heteroatoms. The van der Waals surface area contributed by atoms with Crippen molar-refractivity contribution in [3.63, 3.8) is 0 Å². The van der Waals surface area contributed by atoms with Crippen LogP contribution >= 0.6 is 62.2 Å². The van der Waals surface area contributed by atoms with Crippen LogP contribution in [0.5, 0.6) is 0 Å². The maximum atomic E-state index is 2.32. The van der Waals surface area contributed by atoms with Crippen molar-refractivity contribution in [3.8, 4) is 0 Å². The molecular formula is C6H5BrI2. The van der Waals surface area contributed by atoms with Crippen molar-refractivity contribution in [2.75, 3.05) is 0 Å². The Kier molecular flexibility index (Phi) is 5.53. The molecular weight excluding hydrogens is 406 g/mol. The van der Waals surface area contributed by atoms with Crippen LogP contribution in [0.1, 0.15) is 0 Å². The summed E-state index contributed by atoms with van der Waals surface area (Å²) in [5.74, 6) is 0. The van der Waals surface area contributed by atoms with E-state index in [-0.39, 0.29) is 17.0 Å². The van der Waals surface area contributed by atoms with Crippen LogP contribution in [-0.2, 0) is 0 Å². The maximum absolute atomic E-state index is 2.32. The fraction of sp³-hybridized carbons (Fsp3) is 0. The van der Waals surface area contributed by atoms with E-state index >= 15 is 0 Å². The molecule has 0 aliphatic carbocycles. The van der Waals surface area contributed by atoms with Crippen molar-refractivity contribution in [3.05, 3.63) is 31.4 Å². The fourth-order valence-corrected chi connectivity index (χ4v) is 1.21. The first-order valence-corrected chi connectivity index (χ1v) is 4.36. The molecule has 0 bridgehead atoms. The molecule has 0 unspecified atom stereocenters. The molecule has 0 heterocycles. The lowest BCUT2D eigenvalue weighted by Gasteiger charge is -1.89. The van der Waals surface area contributed by atoms with Crippen molar-refractivity contribution < 1.29 is 0 Å². The highest BCUT2D eigenvalue weighted by Crippen LogP contribution is 2.12. The Labute approximate surface area is 92.5 Å². The SMILES string of the molecule is Br.Ic1ccccc1I. The van der Waals surface area contributed by atoms with E-state index in [1.165, 1.54) is 7.14 Å². The first-order chi connectivity index (χ1) is 3.80. The van der Waals surface area contributed by atoms with E-state index in [0.29, 0.717) is 0 Å². The Morgan fingerprint density at radius 2 is 1.22 bits per heavy atom. The second-order valence-corrected chi connectivity index (χ2v) is 3.74. The van der Waals surface area contributed by atoms with Crippen LogP contribution < -0.4 is 0 Å². The standard InChI is InChI=1S/C6H4I2.BrH/c7-5-3-1-2-4-6(5)8;/h1-4H;1H. The number of benzene rings is 1. The Morgan fingerprint density at radius 1 is 0.889 bits per heavy atom. The predicted octanol–water partition coefficient (Wildman–Crippen LogP) is 3.47. The Bertz CT molecular complexity index is 167. The average Bonchev–Trinajstić information content (AvgIpc) is 1.77. The zero-order chi connectivity index (χ0) is 5.98. The summed E-state index contributed by atoms with van der Waals surface area (Å²) in [5.41, 5.74) is 0. The molecule has 0 saturated carbocycles. The first kappa shape index (κ1) is 10.2. The highest BCUT2D eigenvalue weighted by Gasteiger charge is 1.87. The van der Waals surface area contributed by atoms with E-state index in [0.717, 1.165) is 0 Å². The molecule has 1 aromatic carbocycles. The molecule has 1 aromatic rings. The van der Waals surface area contributed by atoms with Gasteiger partial charge in [-0.3, -0.25) is 0 Å². The summed E-state index contributed by atoms with van der Waals surface area (Å²) in [6, 6.07) is 8.29. The van der Waals surface area contributed by atoms with Crippen LogP contribution in [0.2, 0.25) is 0 Å². The maximum Gasteiger partial charge on any atom is 0.0263 e. The molecule has 0 atom stereocenters. The van der Waals surface area contributed by atoms with E-state index < -0.39 is 0 Å². The average molecular weight is 411 g/mol. The normalized spacial score (nSPS) is 8.22. The molecule has 1 rings (SSSR count). The van der Waals surface area contributed by atoms with Crippen LogP contribution in [0.4, 0.5) is 0 Å². The molecule has 0 radical (unpaired) electrons. The Hall–Kier alpha value is 1.16. The van der Waals surface area contributed by atoms with Gasteiger partial charge < -0.3 is 0 Å². The lowest BCUT2D eigenvalue weighted by Crippen LogP contribution is -1.73. The molecule has 0 aliphatic rings. The van der Waals surface area contributed by atoms with E-state index in [4.69, 9.17) is 0 Å². The van der Waals surface area contributed by atoms with Crippen LogP contribution in [0.3, 0.4) is 0 Å². The second kappa shape index (κ2) is 4.90. The highest BCUT2D eigenvalue weighted by molar-refractivity contribution is 14.1. The zero-order valence-corrected chi connectivity index (χ0v) is 10.5. The van der Waals surface area contributed by atoms with Crippen molar-refractivity contribution in [2.45, 2.75) is 0 Å². The molecule has 0 aromatic heterocycles. The predicted molar refractivity (Wildman–Crippen MR) is 62.2 cm³/mol. The van der Waals surface area contributed by atoms with Crippen molar-refractivity contribution in [2.24, 2.45) is 0 Å². The van der Waals surface area contributed by atoms with Crippen LogP contribution in [0.15, 0.2) is 24.3 Å². The number of rotatable bonds is 0. The van der Waals surface area contributed by atoms with Crippen LogP contribution in [-0.4, -0.2) is 0 Å². The monoisotopic (exact) mass is 410 g/mol. The molecule has 9 heavy (non-hydrogen) atoms. The molecule has 0 nitrogen and oxygen atoms in total. The van der Waals surface area contributed by atoms with Gasteiger partial charge in [0, 0.05) is 7.14 Å². The summed E-state index contributed by atoms with van der Waals surface area (Å²) in [6.07, 6.45) is 0. The third kappa shape index (κ3) is 3.18. The van der Waals surface area contributed by atoms with E-state index in [9.17, 15) is 0 Å². The van der Waals surface area contributed by atoms with Crippen molar-refractivity contribution >= 4 is 62.2 Å². The van der Waals surface area contributed by atoms with E-state index in [2.05, 4.69) is 57.3 Å². The summed E-state index contributed by atoms with van der Waals surface area (Å²) in [4.78, 5) is 0. The largest absolute Gasteiger partial charge is 0.114 e. The zero-order valence-electron chi connectivity index (χ0n) is 4.47. The van der Waals surface area contributed by atoms with Gasteiger partial charge in [-0.25, -0.2) is 0 Å². The van der Waals surface area contributed by atoms with Gasteiger partial charge in [0.2, 0.25) is 0 Å². The van der Waals surface area contributed by atoms with Gasteiger partial charge in [-0.15, -0.1) is 17.0 Å². The van der Waals surface area contributed by atoms with Gasteiger partial charge in [0.1, 0.15) is 0 Å². The summed E-state index contributed by atoms with van der Waals surface area (Å²) < 4.78 is 2.65. The fourth-order valence-electron chi connectivity index (χ4n) is 0.439. The highest BCUT2D eigenvalue weighted by atomic mass is 127. The van der Waals surface area contributed by atoms with Gasteiger partial charge in [0.05, 0.1) is 0 Å². The van der Waals surface area contributed by atoms with Gasteiger partial charge in [-0.2, -0.15) is 0 Å². The van der Waals surface area contributed by atoms with Crippen LogP contribution in [0.25, 0.3) is 0 Å². The summed E-state index contributed by atoms with van der Waals surface area (Å²) >= 11 is 4.63. The summed E-state index contributed by atoms with van der Waals surface area (Å²) in [6.45, 7) is 0. The minimum absolute atomic E-state index is 0. The second-order valence-electron chi connectivity index (χ2n) is 1.41. The van der Waals surface area contributed by atoms with Gasteiger partial charge >= 0.3 is 0 Å². The molecule has 50 valence electrons. The number of hydrogen-bond donors (Lipinski definition) is 0. The molecule has 0 N–H and O–H groups in total. The third-order valence-electron chi connectivity index (χ3n) is 0.824. The van der Waals surface area contributed by atoms with Gasteiger partial charge in [-0.05, 0) is 57.3 Å². The van der Waals surface area contributed by atoms with Crippen molar-refractivity contribution in [1.82, 2.24) is 0 Å². The third-order valence-corrected chi connectivity index (χ3v) is 3.74. The molecule has 0 saturated heterocycles. The Morgan fingerprint density at radius 3 is 1.44 bits per heavy atom. The van der Waals surface area contributed by atoms with Crippen LogP contribution in [0, 0.1) is 7.14 Å².